The molecule has 0 aliphatic carbocycles. The Morgan fingerprint density at radius 1 is 1.20 bits per heavy atom. The lowest BCUT2D eigenvalue weighted by molar-refractivity contribution is -0.385. The minimum Gasteiger partial charge on any atom is -0.267 e. The van der Waals surface area contributed by atoms with Gasteiger partial charge in [-0.1, -0.05) is 6.07 Å². The third-order valence-electron chi connectivity index (χ3n) is 4.53. The molecular formula is C19H13FN6O4. The number of carbonyl (C=O) groups excluding carboxylic acids is 1. The van der Waals surface area contributed by atoms with E-state index in [4.69, 9.17) is 0 Å². The first-order chi connectivity index (χ1) is 14.4. The molecule has 0 radical (unpaired) electrons. The van der Waals surface area contributed by atoms with Crippen molar-refractivity contribution in [1.29, 1.82) is 0 Å². The minimum atomic E-state index is -0.703. The predicted molar refractivity (Wildman–Crippen MR) is 105 cm³/mol. The summed E-state index contributed by atoms with van der Waals surface area (Å²) in [5.74, 6) is -1.12. The lowest BCUT2D eigenvalue weighted by Gasteiger charge is -2.10. The van der Waals surface area contributed by atoms with Gasteiger partial charge in [-0.3, -0.25) is 25.1 Å². The van der Waals surface area contributed by atoms with Crippen LogP contribution in [0.25, 0.3) is 16.7 Å². The molecule has 0 saturated carbocycles. The summed E-state index contributed by atoms with van der Waals surface area (Å²) < 4.78 is 15.4. The lowest BCUT2D eigenvalue weighted by Crippen LogP contribution is -2.33. The van der Waals surface area contributed by atoms with Crippen molar-refractivity contribution in [2.24, 2.45) is 0 Å². The van der Waals surface area contributed by atoms with E-state index in [1.54, 1.807) is 0 Å². The SMILES string of the molecule is Cc1c(C(=O)Nn2cnc3c(cnn3-c3ccc(F)cc3)c2=O)cccc1[N+](=O)[O-]. The van der Waals surface area contributed by atoms with Gasteiger partial charge in [0.1, 0.15) is 17.5 Å². The second-order valence-corrected chi connectivity index (χ2v) is 6.34. The third-order valence-corrected chi connectivity index (χ3v) is 4.53. The quantitative estimate of drug-likeness (QED) is 0.408. The van der Waals surface area contributed by atoms with Gasteiger partial charge in [0.25, 0.3) is 17.2 Å². The van der Waals surface area contributed by atoms with Crippen LogP contribution in [-0.2, 0) is 0 Å². The molecule has 2 aromatic carbocycles. The van der Waals surface area contributed by atoms with Crippen LogP contribution in [-0.4, -0.2) is 30.3 Å². The Hall–Kier alpha value is -4.41. The molecule has 2 aromatic heterocycles. The highest BCUT2D eigenvalue weighted by molar-refractivity contribution is 6.02. The van der Waals surface area contributed by atoms with Gasteiger partial charge in [0.2, 0.25) is 0 Å². The topological polar surface area (TPSA) is 125 Å². The molecule has 0 aliphatic rings. The van der Waals surface area contributed by atoms with Crippen LogP contribution in [0.4, 0.5) is 10.1 Å². The maximum atomic E-state index is 13.1. The number of halogens is 1. The molecule has 0 bridgehead atoms. The van der Waals surface area contributed by atoms with Gasteiger partial charge in [-0.2, -0.15) is 5.10 Å². The first kappa shape index (κ1) is 18.9. The maximum absolute atomic E-state index is 13.1. The Morgan fingerprint density at radius 2 is 1.93 bits per heavy atom. The summed E-state index contributed by atoms with van der Waals surface area (Å²) >= 11 is 0. The van der Waals surface area contributed by atoms with Crippen LogP contribution in [0.3, 0.4) is 0 Å². The van der Waals surface area contributed by atoms with Crippen molar-refractivity contribution in [1.82, 2.24) is 19.4 Å². The first-order valence-electron chi connectivity index (χ1n) is 8.63. The molecular weight excluding hydrogens is 395 g/mol. The van der Waals surface area contributed by atoms with Gasteiger partial charge >= 0.3 is 0 Å². The van der Waals surface area contributed by atoms with Gasteiger partial charge in [0.05, 0.1) is 22.4 Å². The summed E-state index contributed by atoms with van der Waals surface area (Å²) in [6.45, 7) is 1.45. The van der Waals surface area contributed by atoms with E-state index in [2.05, 4.69) is 15.5 Å². The van der Waals surface area contributed by atoms with Crippen molar-refractivity contribution in [3.05, 3.63) is 92.4 Å². The number of nitrogens with one attached hydrogen (secondary N) is 1. The molecule has 30 heavy (non-hydrogen) atoms. The van der Waals surface area contributed by atoms with E-state index < -0.39 is 22.2 Å². The molecule has 4 rings (SSSR count). The maximum Gasteiger partial charge on any atom is 0.283 e. The standard InChI is InChI=1S/C19H13FN6O4/c1-11-14(3-2-4-16(11)26(29)30)18(27)23-24-10-21-17-15(19(24)28)9-22-25(17)13-7-5-12(20)6-8-13/h2-10H,1H3,(H,23,27). The fourth-order valence-corrected chi connectivity index (χ4v) is 3.00. The van der Waals surface area contributed by atoms with Crippen molar-refractivity contribution in [2.75, 3.05) is 5.43 Å². The molecule has 1 amide bonds. The summed E-state index contributed by atoms with van der Waals surface area (Å²) in [5.41, 5.74) is 2.54. The summed E-state index contributed by atoms with van der Waals surface area (Å²) in [5, 5.41) is 15.3. The number of rotatable bonds is 4. The Bertz CT molecular complexity index is 1360. The predicted octanol–water partition coefficient (Wildman–Crippen LogP) is 2.32. The molecule has 11 heteroatoms. The van der Waals surface area contributed by atoms with Crippen LogP contribution in [0.15, 0.2) is 59.8 Å². The summed E-state index contributed by atoms with van der Waals surface area (Å²) in [6.07, 6.45) is 2.40. The molecule has 0 spiro atoms. The van der Waals surface area contributed by atoms with E-state index >= 15 is 0 Å². The van der Waals surface area contributed by atoms with Crippen LogP contribution in [0.2, 0.25) is 0 Å². The number of nitrogens with zero attached hydrogens (tertiary/aromatic N) is 5. The zero-order valence-corrected chi connectivity index (χ0v) is 15.4. The minimum absolute atomic E-state index is 0.0539. The van der Waals surface area contributed by atoms with Gasteiger partial charge in [-0.25, -0.2) is 18.7 Å². The van der Waals surface area contributed by atoms with Gasteiger partial charge in [0, 0.05) is 11.6 Å². The smallest absolute Gasteiger partial charge is 0.267 e. The van der Waals surface area contributed by atoms with E-state index in [1.165, 1.54) is 60.3 Å². The van der Waals surface area contributed by atoms with E-state index in [9.17, 15) is 24.1 Å². The molecule has 1 N–H and O–H groups in total. The van der Waals surface area contributed by atoms with Gasteiger partial charge < -0.3 is 0 Å². The fourth-order valence-electron chi connectivity index (χ4n) is 3.00. The van der Waals surface area contributed by atoms with E-state index in [-0.39, 0.29) is 27.8 Å². The molecule has 0 fully saturated rings. The second-order valence-electron chi connectivity index (χ2n) is 6.34. The largest absolute Gasteiger partial charge is 0.283 e. The van der Waals surface area contributed by atoms with E-state index in [0.29, 0.717) is 5.69 Å². The average Bonchev–Trinajstić information content (AvgIpc) is 3.15. The summed E-state index contributed by atoms with van der Waals surface area (Å²) in [4.78, 5) is 40.0. The molecule has 0 atom stereocenters. The van der Waals surface area contributed by atoms with Crippen LogP contribution in [0.1, 0.15) is 15.9 Å². The number of amides is 1. The van der Waals surface area contributed by atoms with Crippen LogP contribution in [0, 0.1) is 22.9 Å². The van der Waals surface area contributed by atoms with E-state index in [0.717, 1.165) is 11.0 Å². The number of nitro benzene ring substituents is 1. The van der Waals surface area contributed by atoms with Crippen molar-refractivity contribution in [2.45, 2.75) is 6.92 Å². The van der Waals surface area contributed by atoms with Crippen molar-refractivity contribution >= 4 is 22.6 Å². The molecule has 0 unspecified atom stereocenters. The fraction of sp³-hybridized carbons (Fsp3) is 0.0526. The van der Waals surface area contributed by atoms with Crippen molar-refractivity contribution in [3.63, 3.8) is 0 Å². The highest BCUT2D eigenvalue weighted by atomic mass is 19.1. The van der Waals surface area contributed by atoms with Crippen molar-refractivity contribution in [3.8, 4) is 5.69 Å². The molecule has 150 valence electrons. The average molecular weight is 408 g/mol. The Kier molecular flexibility index (Phi) is 4.54. The molecule has 0 saturated heterocycles. The highest BCUT2D eigenvalue weighted by Gasteiger charge is 2.19. The van der Waals surface area contributed by atoms with Gasteiger partial charge in [-0.15, -0.1) is 0 Å². The van der Waals surface area contributed by atoms with Crippen molar-refractivity contribution < 1.29 is 14.1 Å². The van der Waals surface area contributed by atoms with Crippen LogP contribution < -0.4 is 11.0 Å². The number of benzene rings is 2. The molecule has 4 aromatic rings. The normalized spacial score (nSPS) is 10.9. The molecule has 2 heterocycles. The number of fused-ring (bicyclic) bond motifs is 1. The monoisotopic (exact) mass is 408 g/mol. The number of hydrogen-bond acceptors (Lipinski definition) is 6. The zero-order chi connectivity index (χ0) is 21.4. The summed E-state index contributed by atoms with van der Waals surface area (Å²) in [6, 6.07) is 9.58. The Morgan fingerprint density at radius 3 is 2.63 bits per heavy atom. The third kappa shape index (κ3) is 3.17. The van der Waals surface area contributed by atoms with Gasteiger partial charge in [-0.05, 0) is 37.3 Å². The van der Waals surface area contributed by atoms with Gasteiger partial charge in [0.15, 0.2) is 5.65 Å². The summed E-state index contributed by atoms with van der Waals surface area (Å²) in [7, 11) is 0. The second kappa shape index (κ2) is 7.20. The number of hydrogen-bond donors (Lipinski definition) is 1. The number of carbonyl (C=O) groups is 1. The first-order valence-corrected chi connectivity index (χ1v) is 8.63. The Balaban J connectivity index is 1.70. The molecule has 0 aliphatic heterocycles. The lowest BCUT2D eigenvalue weighted by atomic mass is 10.1. The van der Waals surface area contributed by atoms with E-state index in [1.807, 2.05) is 0 Å². The number of nitro groups is 1. The number of aromatic nitrogens is 4. The van der Waals surface area contributed by atoms with Crippen LogP contribution >= 0.6 is 0 Å². The van der Waals surface area contributed by atoms with Crippen LogP contribution in [0.5, 0.6) is 0 Å². The molecule has 10 nitrogen and oxygen atoms in total. The Labute approximate surface area is 167 Å². The highest BCUT2D eigenvalue weighted by Crippen LogP contribution is 2.21. The zero-order valence-electron chi connectivity index (χ0n) is 15.4.